The summed E-state index contributed by atoms with van der Waals surface area (Å²) in [6.07, 6.45) is 7.49. The molecular weight excluding hydrogens is 558 g/mol. The molecule has 4 aliphatic heterocycles. The summed E-state index contributed by atoms with van der Waals surface area (Å²) >= 11 is 0. The molecule has 1 spiro atoms. The first-order valence-electron chi connectivity index (χ1n) is 15.4. The van der Waals surface area contributed by atoms with Crippen molar-refractivity contribution in [3.05, 3.63) is 84.5 Å². The topological polar surface area (TPSA) is 99.6 Å². The van der Waals surface area contributed by atoms with E-state index in [1.807, 2.05) is 114 Å². The van der Waals surface area contributed by atoms with E-state index >= 15 is 0 Å². The van der Waals surface area contributed by atoms with Crippen LogP contribution in [0.3, 0.4) is 0 Å². The molecule has 2 saturated heterocycles. The molecular formula is C35H41N3O6. The molecule has 6 rings (SSSR count). The average Bonchev–Trinajstić information content (AvgIpc) is 3.25. The Morgan fingerprint density at radius 1 is 0.932 bits per heavy atom. The van der Waals surface area contributed by atoms with Gasteiger partial charge in [-0.05, 0) is 64.4 Å². The van der Waals surface area contributed by atoms with Gasteiger partial charge in [-0.3, -0.25) is 14.4 Å². The van der Waals surface area contributed by atoms with Gasteiger partial charge in [0.1, 0.15) is 17.4 Å². The maximum absolute atomic E-state index is 14.9. The summed E-state index contributed by atoms with van der Waals surface area (Å²) < 4.78 is 12.6. The van der Waals surface area contributed by atoms with Crippen LogP contribution in [0.1, 0.15) is 46.2 Å². The van der Waals surface area contributed by atoms with Crippen molar-refractivity contribution >= 4 is 23.4 Å². The lowest BCUT2D eigenvalue weighted by molar-refractivity contribution is -0.157. The first-order valence-corrected chi connectivity index (χ1v) is 15.4. The number of hydrogen-bond donors (Lipinski definition) is 1. The predicted molar refractivity (Wildman–Crippen MR) is 166 cm³/mol. The van der Waals surface area contributed by atoms with E-state index in [1.54, 1.807) is 9.80 Å². The third-order valence-electron chi connectivity index (χ3n) is 9.46. The van der Waals surface area contributed by atoms with Crippen LogP contribution in [0.5, 0.6) is 5.75 Å². The van der Waals surface area contributed by atoms with Crippen molar-refractivity contribution < 1.29 is 29.0 Å². The van der Waals surface area contributed by atoms with E-state index in [1.165, 1.54) is 4.90 Å². The zero-order valence-corrected chi connectivity index (χ0v) is 26.0. The lowest BCUT2D eigenvalue weighted by atomic mass is 9.74. The Balaban J connectivity index is 1.49. The van der Waals surface area contributed by atoms with E-state index in [0.717, 1.165) is 0 Å². The molecule has 2 fully saturated rings. The van der Waals surface area contributed by atoms with Gasteiger partial charge in [0.2, 0.25) is 17.7 Å². The lowest BCUT2D eigenvalue weighted by Crippen LogP contribution is -2.59. The van der Waals surface area contributed by atoms with Crippen LogP contribution in [0.25, 0.3) is 0 Å². The molecule has 9 heteroatoms. The molecule has 6 atom stereocenters. The number of aliphatic hydroxyl groups is 1. The molecule has 1 N–H and O–H groups in total. The molecule has 3 amide bonds. The number of fused-ring (bicyclic) bond motifs is 2. The average molecular weight is 600 g/mol. The predicted octanol–water partition coefficient (Wildman–Crippen LogP) is 3.89. The highest BCUT2D eigenvalue weighted by molar-refractivity contribution is 6.04. The number of carbonyl (C=O) groups is 3. The molecule has 0 aliphatic carbocycles. The van der Waals surface area contributed by atoms with Crippen LogP contribution in [0, 0.1) is 11.8 Å². The highest BCUT2D eigenvalue weighted by Crippen LogP contribution is 2.59. The number of amides is 3. The Hall–Kier alpha value is -3.95. The largest absolute Gasteiger partial charge is 0.494 e. The SMILES string of the molecule is CCOc1ccc(N2CC=C[C@@]3(C)O[C@]45C=CCN(C(C)(C)C)C(=O)C4N([C@H](CO)c4ccccc4)C(=O)[C@@H]5[C@H]3C2=O)cc1. The summed E-state index contributed by atoms with van der Waals surface area (Å²) in [6.45, 7) is 10.4. The monoisotopic (exact) mass is 599 g/mol. The second-order valence-corrected chi connectivity index (χ2v) is 13.2. The summed E-state index contributed by atoms with van der Waals surface area (Å²) in [6, 6.07) is 14.7. The number of likely N-dealkylation sites (tertiary alicyclic amines) is 1. The second-order valence-electron chi connectivity index (χ2n) is 13.2. The maximum Gasteiger partial charge on any atom is 0.249 e. The van der Waals surface area contributed by atoms with Gasteiger partial charge in [-0.15, -0.1) is 0 Å². The van der Waals surface area contributed by atoms with Crippen molar-refractivity contribution in [1.82, 2.24) is 9.80 Å². The third-order valence-corrected chi connectivity index (χ3v) is 9.46. The summed E-state index contributed by atoms with van der Waals surface area (Å²) in [4.78, 5) is 49.1. The van der Waals surface area contributed by atoms with Crippen LogP contribution in [-0.4, -0.2) is 81.7 Å². The molecule has 2 aromatic carbocycles. The van der Waals surface area contributed by atoms with Crippen molar-refractivity contribution in [1.29, 1.82) is 0 Å². The minimum absolute atomic E-state index is 0.254. The van der Waals surface area contributed by atoms with Gasteiger partial charge in [-0.25, -0.2) is 0 Å². The van der Waals surface area contributed by atoms with Crippen molar-refractivity contribution in [3.63, 3.8) is 0 Å². The van der Waals surface area contributed by atoms with Crippen LogP contribution in [0.15, 0.2) is 78.9 Å². The number of carbonyl (C=O) groups excluding carboxylic acids is 3. The van der Waals surface area contributed by atoms with Crippen LogP contribution < -0.4 is 9.64 Å². The first kappa shape index (κ1) is 30.1. The Labute approximate surface area is 258 Å². The second kappa shape index (κ2) is 10.9. The van der Waals surface area contributed by atoms with Gasteiger partial charge in [-0.2, -0.15) is 0 Å². The van der Waals surface area contributed by atoms with Crippen molar-refractivity contribution in [2.45, 2.75) is 63.4 Å². The quantitative estimate of drug-likeness (QED) is 0.506. The fraction of sp³-hybridized carbons (Fsp3) is 0.457. The van der Waals surface area contributed by atoms with E-state index in [-0.39, 0.29) is 17.7 Å². The summed E-state index contributed by atoms with van der Waals surface area (Å²) in [5, 5.41) is 10.7. The highest BCUT2D eigenvalue weighted by atomic mass is 16.5. The number of hydrogen-bond acceptors (Lipinski definition) is 6. The zero-order chi connectivity index (χ0) is 31.4. The molecule has 0 bridgehead atoms. The molecule has 0 saturated carbocycles. The fourth-order valence-corrected chi connectivity index (χ4v) is 7.55. The molecule has 4 aliphatic rings. The van der Waals surface area contributed by atoms with E-state index < -0.39 is 47.3 Å². The molecule has 0 radical (unpaired) electrons. The van der Waals surface area contributed by atoms with Gasteiger partial charge in [0.15, 0.2) is 0 Å². The third kappa shape index (κ3) is 4.56. The molecule has 9 nitrogen and oxygen atoms in total. The van der Waals surface area contributed by atoms with Crippen LogP contribution in [-0.2, 0) is 19.1 Å². The standard InChI is InChI=1S/C35H41N3O6/c1-6-43-25-16-14-24(15-17-25)36-20-10-18-34(5)27(30(36)40)28-31(41)38(26(22-39)23-12-8-7-9-13-23)29-32(42)37(33(2,3)4)21-11-19-35(28,29)44-34/h7-19,26-29,39H,6,20-22H2,1-5H3/t26-,27+,28+,29?,34-,35+/m1/s1. The molecule has 1 unspecified atom stereocenters. The van der Waals surface area contributed by atoms with E-state index in [9.17, 15) is 19.5 Å². The maximum atomic E-state index is 14.9. The molecule has 4 heterocycles. The van der Waals surface area contributed by atoms with Gasteiger partial charge in [0.05, 0.1) is 36.7 Å². The Morgan fingerprint density at radius 3 is 2.25 bits per heavy atom. The summed E-state index contributed by atoms with van der Waals surface area (Å²) in [7, 11) is 0. The number of rotatable bonds is 6. The van der Waals surface area contributed by atoms with Gasteiger partial charge in [0, 0.05) is 24.3 Å². The number of ether oxygens (including phenoxy) is 2. The molecule has 44 heavy (non-hydrogen) atoms. The van der Waals surface area contributed by atoms with E-state index in [4.69, 9.17) is 9.47 Å². The van der Waals surface area contributed by atoms with Crippen molar-refractivity contribution in [3.8, 4) is 5.75 Å². The van der Waals surface area contributed by atoms with Gasteiger partial charge in [-0.1, -0.05) is 54.6 Å². The zero-order valence-electron chi connectivity index (χ0n) is 26.0. The Morgan fingerprint density at radius 2 is 1.61 bits per heavy atom. The van der Waals surface area contributed by atoms with Gasteiger partial charge < -0.3 is 29.3 Å². The number of aliphatic hydroxyl groups excluding tert-OH is 1. The van der Waals surface area contributed by atoms with Crippen LogP contribution in [0.4, 0.5) is 5.69 Å². The Bertz CT molecular complexity index is 1500. The molecule has 2 aromatic rings. The van der Waals surface area contributed by atoms with Gasteiger partial charge in [0.25, 0.3) is 0 Å². The van der Waals surface area contributed by atoms with Crippen molar-refractivity contribution in [2.24, 2.45) is 11.8 Å². The number of anilines is 1. The fourth-order valence-electron chi connectivity index (χ4n) is 7.55. The molecule has 232 valence electrons. The Kier molecular flexibility index (Phi) is 7.45. The normalized spacial score (nSPS) is 30.5. The first-order chi connectivity index (χ1) is 21.0. The molecule has 0 aromatic heterocycles. The smallest absolute Gasteiger partial charge is 0.249 e. The minimum atomic E-state index is -1.42. The number of benzene rings is 2. The highest BCUT2D eigenvalue weighted by Gasteiger charge is 2.75. The summed E-state index contributed by atoms with van der Waals surface area (Å²) in [5.41, 5.74) is -1.74. The lowest BCUT2D eigenvalue weighted by Gasteiger charge is -2.43. The number of nitrogens with zero attached hydrogens (tertiary/aromatic N) is 3. The van der Waals surface area contributed by atoms with Crippen LogP contribution in [0.2, 0.25) is 0 Å². The van der Waals surface area contributed by atoms with E-state index in [0.29, 0.717) is 36.7 Å². The minimum Gasteiger partial charge on any atom is -0.494 e. The van der Waals surface area contributed by atoms with Gasteiger partial charge >= 0.3 is 0 Å². The van der Waals surface area contributed by atoms with E-state index in [2.05, 4.69) is 0 Å². The van der Waals surface area contributed by atoms with Crippen molar-refractivity contribution in [2.75, 3.05) is 31.2 Å². The summed E-state index contributed by atoms with van der Waals surface area (Å²) in [5.74, 6) is -2.11. The van der Waals surface area contributed by atoms with Crippen LogP contribution >= 0.6 is 0 Å².